The lowest BCUT2D eigenvalue weighted by Gasteiger charge is -2.04. The van der Waals surface area contributed by atoms with Crippen LogP contribution in [0.1, 0.15) is 27.0 Å². The average molecular weight is 517 g/mol. The molecule has 0 aliphatic heterocycles. The van der Waals surface area contributed by atoms with Crippen LogP contribution in [0.2, 0.25) is 0 Å². The first-order chi connectivity index (χ1) is 18.6. The van der Waals surface area contributed by atoms with E-state index in [0.717, 1.165) is 16.7 Å². The molecule has 0 aromatic heterocycles. The average Bonchev–Trinajstić information content (AvgIpc) is 2.94. The van der Waals surface area contributed by atoms with Gasteiger partial charge in [0.1, 0.15) is 24.7 Å². The third-order valence-electron chi connectivity index (χ3n) is 4.80. The molecule has 0 fully saturated rings. The van der Waals surface area contributed by atoms with E-state index >= 15 is 0 Å². The highest BCUT2D eigenvalue weighted by Gasteiger charge is 2.04. The van der Waals surface area contributed by atoms with Crippen LogP contribution >= 0.6 is 0 Å². The van der Waals surface area contributed by atoms with Crippen LogP contribution in [0.25, 0.3) is 6.08 Å². The molecule has 0 atom stereocenters. The van der Waals surface area contributed by atoms with Crippen molar-refractivity contribution in [1.82, 2.24) is 10.9 Å². The lowest BCUT2D eigenvalue weighted by Crippen LogP contribution is -2.17. The minimum atomic E-state index is -0.420. The second-order valence-corrected chi connectivity index (χ2v) is 7.68. The Morgan fingerprint density at radius 2 is 1.29 bits per heavy atom. The summed E-state index contributed by atoms with van der Waals surface area (Å²) in [5.74, 6) is 0.375. The van der Waals surface area contributed by atoms with E-state index in [1.807, 2.05) is 0 Å². The van der Waals surface area contributed by atoms with Crippen LogP contribution in [0.3, 0.4) is 0 Å². The Kier molecular flexibility index (Phi) is 11.2. The Hall–Kier alpha value is -4.80. The van der Waals surface area contributed by atoms with Gasteiger partial charge >= 0.3 is 0 Å². The Morgan fingerprint density at radius 1 is 0.737 bits per heavy atom. The molecule has 0 spiro atoms. The molecule has 3 aromatic carbocycles. The van der Waals surface area contributed by atoms with E-state index in [4.69, 9.17) is 19.7 Å². The largest absolute Gasteiger partial charge is 0.491 e. The fraction of sp³-hybridized carbons (Fsp3) is 0.143. The number of hydrogen-bond acceptors (Lipinski definition) is 8. The molecule has 0 unspecified atom stereocenters. The third kappa shape index (κ3) is 9.69. The third-order valence-corrected chi connectivity index (χ3v) is 4.80. The van der Waals surface area contributed by atoms with Crippen molar-refractivity contribution in [1.29, 1.82) is 0 Å². The number of carbonyl (C=O) groups is 2. The van der Waals surface area contributed by atoms with Gasteiger partial charge in [0.05, 0.1) is 25.6 Å². The van der Waals surface area contributed by atoms with Crippen LogP contribution in [0, 0.1) is 0 Å². The first-order valence-corrected chi connectivity index (χ1v) is 11.7. The number of aliphatic hydroxyl groups is 2. The van der Waals surface area contributed by atoms with Crippen molar-refractivity contribution in [2.24, 2.45) is 10.2 Å². The highest BCUT2D eigenvalue weighted by molar-refractivity contribution is 5.95. The topological polar surface area (TPSA) is 142 Å². The van der Waals surface area contributed by atoms with Crippen LogP contribution in [-0.4, -0.2) is 60.9 Å². The van der Waals surface area contributed by atoms with Crippen molar-refractivity contribution in [3.8, 4) is 11.5 Å². The van der Waals surface area contributed by atoms with E-state index in [0.29, 0.717) is 17.1 Å². The molecular formula is C28H28N4O6. The maximum atomic E-state index is 12.3. The monoisotopic (exact) mass is 516 g/mol. The molecule has 0 saturated carbocycles. The Labute approximate surface area is 219 Å². The van der Waals surface area contributed by atoms with Gasteiger partial charge in [0.25, 0.3) is 11.8 Å². The summed E-state index contributed by atoms with van der Waals surface area (Å²) >= 11 is 0. The van der Waals surface area contributed by atoms with Gasteiger partial charge in [-0.15, -0.1) is 0 Å². The molecule has 0 saturated heterocycles. The molecule has 3 rings (SSSR count). The van der Waals surface area contributed by atoms with Gasteiger partial charge in [-0.2, -0.15) is 10.2 Å². The van der Waals surface area contributed by atoms with Gasteiger partial charge in [-0.25, -0.2) is 10.9 Å². The molecule has 38 heavy (non-hydrogen) atoms. The SMILES string of the molecule is O=C(/C=C/c1ccc(C(=O)N/N=C/c2cccc(OCCO)c2)cc1)N/N=C/c1cccc(OCCO)c1. The maximum Gasteiger partial charge on any atom is 0.271 e. The summed E-state index contributed by atoms with van der Waals surface area (Å²) in [6.45, 7) is 0.231. The zero-order valence-electron chi connectivity index (χ0n) is 20.5. The van der Waals surface area contributed by atoms with Gasteiger partial charge in [0.2, 0.25) is 0 Å². The molecule has 10 heteroatoms. The van der Waals surface area contributed by atoms with E-state index in [-0.39, 0.29) is 32.3 Å². The number of hydrazone groups is 2. The minimum absolute atomic E-state index is 0.0785. The van der Waals surface area contributed by atoms with Crippen molar-refractivity contribution >= 4 is 30.3 Å². The quantitative estimate of drug-likeness (QED) is 0.156. The van der Waals surface area contributed by atoms with Crippen LogP contribution in [0.15, 0.2) is 89.1 Å². The van der Waals surface area contributed by atoms with Crippen molar-refractivity contribution in [2.45, 2.75) is 0 Å². The number of benzene rings is 3. The lowest BCUT2D eigenvalue weighted by atomic mass is 10.1. The fourth-order valence-corrected chi connectivity index (χ4v) is 3.05. The van der Waals surface area contributed by atoms with Gasteiger partial charge in [-0.1, -0.05) is 36.4 Å². The van der Waals surface area contributed by atoms with Crippen molar-refractivity contribution < 1.29 is 29.3 Å². The molecule has 4 N–H and O–H groups in total. The van der Waals surface area contributed by atoms with Crippen LogP contribution in [-0.2, 0) is 4.79 Å². The summed E-state index contributed by atoms with van der Waals surface area (Å²) in [6, 6.07) is 20.8. The van der Waals surface area contributed by atoms with Crippen molar-refractivity contribution in [3.05, 3.63) is 101 Å². The summed E-state index contributed by atoms with van der Waals surface area (Å²) in [6.07, 6.45) is 5.90. The number of carbonyl (C=O) groups excluding carboxylic acids is 2. The zero-order chi connectivity index (χ0) is 27.0. The van der Waals surface area contributed by atoms with Gasteiger partial charge in [-0.05, 0) is 59.2 Å². The first-order valence-electron chi connectivity index (χ1n) is 11.7. The smallest absolute Gasteiger partial charge is 0.271 e. The van der Waals surface area contributed by atoms with E-state index in [1.165, 1.54) is 18.5 Å². The number of hydrogen-bond donors (Lipinski definition) is 4. The van der Waals surface area contributed by atoms with Crippen LogP contribution in [0.4, 0.5) is 0 Å². The van der Waals surface area contributed by atoms with E-state index in [2.05, 4.69) is 21.1 Å². The molecule has 0 aliphatic carbocycles. The highest BCUT2D eigenvalue weighted by Crippen LogP contribution is 2.13. The molecule has 10 nitrogen and oxygen atoms in total. The number of amides is 2. The summed E-state index contributed by atoms with van der Waals surface area (Å²) in [5, 5.41) is 25.5. The molecule has 196 valence electrons. The van der Waals surface area contributed by atoms with E-state index in [1.54, 1.807) is 78.9 Å². The molecule has 0 heterocycles. The van der Waals surface area contributed by atoms with Crippen LogP contribution in [0.5, 0.6) is 11.5 Å². The highest BCUT2D eigenvalue weighted by atomic mass is 16.5. The number of aliphatic hydroxyl groups excluding tert-OH is 2. The molecule has 3 aromatic rings. The summed E-state index contributed by atoms with van der Waals surface area (Å²) in [5.41, 5.74) is 7.44. The molecule has 0 aliphatic rings. The van der Waals surface area contributed by atoms with Crippen molar-refractivity contribution in [2.75, 3.05) is 26.4 Å². The minimum Gasteiger partial charge on any atom is -0.491 e. The van der Waals surface area contributed by atoms with Gasteiger partial charge < -0.3 is 19.7 Å². The lowest BCUT2D eigenvalue weighted by molar-refractivity contribution is -0.116. The number of ether oxygens (including phenoxy) is 2. The molecular weight excluding hydrogens is 488 g/mol. The van der Waals surface area contributed by atoms with E-state index in [9.17, 15) is 9.59 Å². The summed E-state index contributed by atoms with van der Waals surface area (Å²) in [7, 11) is 0. The standard InChI is InChI=1S/C28H28N4O6/c33-13-15-37-25-5-1-3-22(17-25)19-29-31-27(35)12-9-21-7-10-24(11-8-21)28(36)32-30-20-23-4-2-6-26(18-23)38-16-14-34/h1-12,17-20,33-34H,13-16H2,(H,31,35)(H,32,36)/b12-9+,29-19+,30-20+. The normalized spacial score (nSPS) is 11.2. The predicted octanol–water partition coefficient (Wildman–Crippen LogP) is 2.36. The molecule has 0 radical (unpaired) electrons. The van der Waals surface area contributed by atoms with Gasteiger partial charge in [0, 0.05) is 11.6 Å². The number of rotatable bonds is 13. The Balaban J connectivity index is 1.46. The second kappa shape index (κ2) is 15.3. The van der Waals surface area contributed by atoms with Crippen LogP contribution < -0.4 is 20.3 Å². The predicted molar refractivity (Wildman–Crippen MR) is 144 cm³/mol. The van der Waals surface area contributed by atoms with Gasteiger partial charge in [-0.3, -0.25) is 9.59 Å². The summed E-state index contributed by atoms with van der Waals surface area (Å²) < 4.78 is 10.7. The van der Waals surface area contributed by atoms with E-state index < -0.39 is 5.91 Å². The number of nitrogens with one attached hydrogen (secondary N) is 2. The Bertz CT molecular complexity index is 1290. The second-order valence-electron chi connectivity index (χ2n) is 7.68. The zero-order valence-corrected chi connectivity index (χ0v) is 20.5. The fourth-order valence-electron chi connectivity index (χ4n) is 3.05. The molecule has 2 amide bonds. The van der Waals surface area contributed by atoms with Gasteiger partial charge in [0.15, 0.2) is 0 Å². The molecule has 0 bridgehead atoms. The first kappa shape index (κ1) is 27.8. The number of nitrogens with zero attached hydrogens (tertiary/aromatic N) is 2. The maximum absolute atomic E-state index is 12.3. The summed E-state index contributed by atoms with van der Waals surface area (Å²) in [4.78, 5) is 24.4. The van der Waals surface area contributed by atoms with Crippen molar-refractivity contribution in [3.63, 3.8) is 0 Å². The Morgan fingerprint density at radius 3 is 1.84 bits per heavy atom.